The van der Waals surface area contributed by atoms with Crippen LogP contribution >= 0.6 is 0 Å². The first kappa shape index (κ1) is 35.5. The maximum Gasteiger partial charge on any atom is 0.306 e. The monoisotopic (exact) mass is 509 g/mol. The summed E-state index contributed by atoms with van der Waals surface area (Å²) in [6.45, 7) is 4.57. The minimum Gasteiger partial charge on any atom is -0.481 e. The maximum atomic E-state index is 11.6. The quantitative estimate of drug-likeness (QED) is 0.0945. The molecule has 2 nitrogen and oxygen atoms in total. The molecule has 0 spiro atoms. The van der Waals surface area contributed by atoms with Crippen molar-refractivity contribution in [3.05, 3.63) is 0 Å². The molecule has 0 saturated heterocycles. The Morgan fingerprint density at radius 3 is 0.778 bits per heavy atom. The second-order valence-electron chi connectivity index (χ2n) is 11.8. The zero-order valence-electron chi connectivity index (χ0n) is 25.1. The van der Waals surface area contributed by atoms with Gasteiger partial charge in [-0.3, -0.25) is 4.79 Å². The number of rotatable bonds is 31. The van der Waals surface area contributed by atoms with E-state index >= 15 is 0 Å². The van der Waals surface area contributed by atoms with Gasteiger partial charge in [0.25, 0.3) is 0 Å². The van der Waals surface area contributed by atoms with E-state index in [1.165, 1.54) is 167 Å². The Morgan fingerprint density at radius 2 is 0.583 bits per heavy atom. The third-order valence-corrected chi connectivity index (χ3v) is 8.16. The van der Waals surface area contributed by atoms with Crippen LogP contribution in [0.15, 0.2) is 0 Å². The van der Waals surface area contributed by atoms with E-state index in [0.29, 0.717) is 0 Å². The zero-order valence-corrected chi connectivity index (χ0v) is 25.1. The van der Waals surface area contributed by atoms with Gasteiger partial charge in [-0.15, -0.1) is 0 Å². The first-order valence-corrected chi connectivity index (χ1v) is 16.9. The van der Waals surface area contributed by atoms with E-state index in [0.717, 1.165) is 25.7 Å². The summed E-state index contributed by atoms with van der Waals surface area (Å²) in [5.74, 6) is -0.654. The molecule has 216 valence electrons. The molecule has 0 bridgehead atoms. The van der Waals surface area contributed by atoms with Crippen LogP contribution in [0.1, 0.15) is 206 Å². The molecule has 2 heteroatoms. The van der Waals surface area contributed by atoms with Crippen molar-refractivity contribution < 1.29 is 9.90 Å². The van der Waals surface area contributed by atoms with E-state index in [-0.39, 0.29) is 5.92 Å². The average Bonchev–Trinajstić information content (AvgIpc) is 2.87. The fourth-order valence-electron chi connectivity index (χ4n) is 5.56. The average molecular weight is 509 g/mol. The molecule has 0 aromatic carbocycles. The van der Waals surface area contributed by atoms with Crippen LogP contribution in [-0.2, 0) is 4.79 Å². The number of carbonyl (C=O) groups is 1. The van der Waals surface area contributed by atoms with Gasteiger partial charge in [-0.2, -0.15) is 0 Å². The Balaban J connectivity index is 3.39. The molecule has 0 heterocycles. The molecule has 0 aliphatic carbocycles. The van der Waals surface area contributed by atoms with Crippen molar-refractivity contribution in [2.75, 3.05) is 0 Å². The predicted octanol–water partition coefficient (Wildman–Crippen LogP) is 12.4. The smallest absolute Gasteiger partial charge is 0.306 e. The van der Waals surface area contributed by atoms with Crippen LogP contribution in [-0.4, -0.2) is 11.1 Å². The van der Waals surface area contributed by atoms with Gasteiger partial charge in [0.15, 0.2) is 0 Å². The minimum atomic E-state index is -0.556. The van der Waals surface area contributed by atoms with Crippen LogP contribution in [0.3, 0.4) is 0 Å². The van der Waals surface area contributed by atoms with Gasteiger partial charge in [-0.25, -0.2) is 0 Å². The summed E-state index contributed by atoms with van der Waals surface area (Å²) < 4.78 is 0. The fourth-order valence-corrected chi connectivity index (χ4v) is 5.56. The normalized spacial score (nSPS) is 11.5. The summed E-state index contributed by atoms with van der Waals surface area (Å²) in [5, 5.41) is 9.58. The number of carboxylic acids is 1. The second-order valence-corrected chi connectivity index (χ2v) is 11.8. The number of carboxylic acid groups (broad SMARTS) is 1. The highest BCUT2D eigenvalue weighted by Gasteiger charge is 2.16. The lowest BCUT2D eigenvalue weighted by Gasteiger charge is -2.12. The molecule has 0 radical (unpaired) electrons. The fraction of sp³-hybridized carbons (Fsp3) is 0.971. The Morgan fingerprint density at radius 1 is 0.389 bits per heavy atom. The molecule has 0 aromatic heterocycles. The van der Waals surface area contributed by atoms with Gasteiger partial charge in [0, 0.05) is 0 Å². The number of hydrogen-bond donors (Lipinski definition) is 1. The van der Waals surface area contributed by atoms with Crippen molar-refractivity contribution in [3.63, 3.8) is 0 Å². The summed E-state index contributed by atoms with van der Waals surface area (Å²) in [6.07, 6.45) is 39.9. The van der Waals surface area contributed by atoms with Crippen LogP contribution < -0.4 is 0 Å². The largest absolute Gasteiger partial charge is 0.481 e. The maximum absolute atomic E-state index is 11.6. The van der Waals surface area contributed by atoms with Gasteiger partial charge >= 0.3 is 5.97 Å². The van der Waals surface area contributed by atoms with Crippen molar-refractivity contribution in [1.82, 2.24) is 0 Å². The third-order valence-electron chi connectivity index (χ3n) is 8.16. The predicted molar refractivity (Wildman–Crippen MR) is 161 cm³/mol. The van der Waals surface area contributed by atoms with E-state index in [9.17, 15) is 9.90 Å². The van der Waals surface area contributed by atoms with Crippen LogP contribution in [0, 0.1) is 5.92 Å². The molecule has 0 unspecified atom stereocenters. The van der Waals surface area contributed by atoms with Crippen molar-refractivity contribution in [2.24, 2.45) is 5.92 Å². The van der Waals surface area contributed by atoms with Crippen molar-refractivity contribution in [3.8, 4) is 0 Å². The van der Waals surface area contributed by atoms with E-state index < -0.39 is 5.97 Å². The highest BCUT2D eigenvalue weighted by molar-refractivity contribution is 5.69. The lowest BCUT2D eigenvalue weighted by molar-refractivity contribution is -0.142. The molecule has 0 aliphatic rings. The summed E-state index contributed by atoms with van der Waals surface area (Å²) in [5.41, 5.74) is 0. The zero-order chi connectivity index (χ0) is 26.4. The molecular formula is C34H68O2. The van der Waals surface area contributed by atoms with E-state index in [1.807, 2.05) is 0 Å². The van der Waals surface area contributed by atoms with Gasteiger partial charge in [-0.05, 0) is 12.8 Å². The molecule has 0 atom stereocenters. The second kappa shape index (κ2) is 30.7. The highest BCUT2D eigenvalue weighted by atomic mass is 16.4. The van der Waals surface area contributed by atoms with Crippen molar-refractivity contribution >= 4 is 5.97 Å². The van der Waals surface area contributed by atoms with Gasteiger partial charge in [-0.1, -0.05) is 194 Å². The summed E-state index contributed by atoms with van der Waals surface area (Å²) in [6, 6.07) is 0. The molecule has 36 heavy (non-hydrogen) atoms. The number of hydrogen-bond acceptors (Lipinski definition) is 1. The standard InChI is InChI=1S/C34H68O2/c1-3-5-7-9-11-13-15-17-19-21-23-25-27-29-31-33(34(35)36)32-30-28-26-24-22-20-18-16-14-12-10-8-6-4-2/h33H,3-32H2,1-2H3,(H,35,36). The first-order chi connectivity index (χ1) is 17.7. The van der Waals surface area contributed by atoms with Gasteiger partial charge < -0.3 is 5.11 Å². The Kier molecular flexibility index (Phi) is 30.2. The molecule has 1 N–H and O–H groups in total. The lowest BCUT2D eigenvalue weighted by Crippen LogP contribution is -2.13. The third kappa shape index (κ3) is 28.0. The van der Waals surface area contributed by atoms with E-state index in [4.69, 9.17) is 0 Å². The summed E-state index contributed by atoms with van der Waals surface area (Å²) in [4.78, 5) is 11.6. The topological polar surface area (TPSA) is 37.3 Å². The first-order valence-electron chi connectivity index (χ1n) is 16.9. The molecule has 0 amide bonds. The molecule has 0 fully saturated rings. The Labute approximate surface area is 228 Å². The Bertz CT molecular complexity index is 387. The van der Waals surface area contributed by atoms with Gasteiger partial charge in [0.05, 0.1) is 5.92 Å². The lowest BCUT2D eigenvalue weighted by atomic mass is 9.94. The van der Waals surface area contributed by atoms with Crippen LogP contribution in [0.25, 0.3) is 0 Å². The number of unbranched alkanes of at least 4 members (excludes halogenated alkanes) is 26. The van der Waals surface area contributed by atoms with E-state index in [1.54, 1.807) is 0 Å². The minimum absolute atomic E-state index is 0.0975. The van der Waals surface area contributed by atoms with Crippen LogP contribution in [0.5, 0.6) is 0 Å². The summed E-state index contributed by atoms with van der Waals surface area (Å²) in [7, 11) is 0. The number of aliphatic carboxylic acids is 1. The SMILES string of the molecule is CCCCCCCCCCCCCCCCC(CCCCCCCCCCCCCCCC)C(=O)O. The van der Waals surface area contributed by atoms with Crippen molar-refractivity contribution in [1.29, 1.82) is 0 Å². The Hall–Kier alpha value is -0.530. The highest BCUT2D eigenvalue weighted by Crippen LogP contribution is 2.20. The molecule has 0 aromatic rings. The molecule has 0 rings (SSSR count). The van der Waals surface area contributed by atoms with Crippen LogP contribution in [0.4, 0.5) is 0 Å². The van der Waals surface area contributed by atoms with Gasteiger partial charge in [0.2, 0.25) is 0 Å². The van der Waals surface area contributed by atoms with Gasteiger partial charge in [0.1, 0.15) is 0 Å². The van der Waals surface area contributed by atoms with E-state index in [2.05, 4.69) is 13.8 Å². The molecular weight excluding hydrogens is 440 g/mol. The molecule has 0 aliphatic heterocycles. The molecule has 0 saturated carbocycles. The van der Waals surface area contributed by atoms with Crippen LogP contribution in [0.2, 0.25) is 0 Å². The summed E-state index contributed by atoms with van der Waals surface area (Å²) >= 11 is 0. The van der Waals surface area contributed by atoms with Crippen molar-refractivity contribution in [2.45, 2.75) is 206 Å².